The Bertz CT molecular complexity index is 2510. The van der Waals surface area contributed by atoms with Crippen LogP contribution in [0.25, 0.3) is 0 Å². The molecule has 0 bridgehead atoms. The molecule has 1 saturated carbocycles. The van der Waals surface area contributed by atoms with Crippen molar-refractivity contribution in [3.63, 3.8) is 0 Å². The van der Waals surface area contributed by atoms with Crippen molar-refractivity contribution in [3.8, 4) is 0 Å². The van der Waals surface area contributed by atoms with Crippen LogP contribution in [0.2, 0.25) is 0 Å². The van der Waals surface area contributed by atoms with Gasteiger partial charge in [-0.15, -0.1) is 0 Å². The fraction of sp³-hybridized carbons (Fsp3) is 0.476. The summed E-state index contributed by atoms with van der Waals surface area (Å²) in [6.45, 7) is 9.74. The predicted octanol–water partition coefficient (Wildman–Crippen LogP) is 6.14. The molecule has 0 atom stereocenters. The lowest BCUT2D eigenvalue weighted by Crippen LogP contribution is -2.36. The third kappa shape index (κ3) is 9.76. The average molecular weight is 873 g/mol. The number of anilines is 2. The van der Waals surface area contributed by atoms with Gasteiger partial charge >= 0.3 is 5.97 Å². The number of aliphatic carboxylic acids is 1. The zero-order valence-corrected chi connectivity index (χ0v) is 36.3. The largest absolute Gasteiger partial charge is 0.481 e. The predicted molar refractivity (Wildman–Crippen MR) is 227 cm³/mol. The number of rotatable bonds is 12. The molecule has 14 nitrogen and oxygen atoms in total. The van der Waals surface area contributed by atoms with Crippen molar-refractivity contribution in [2.45, 2.75) is 88.4 Å². The normalized spacial score (nSPS) is 23.4. The summed E-state index contributed by atoms with van der Waals surface area (Å²) in [6.07, 6.45) is 11.8. The highest BCUT2D eigenvalue weighted by Gasteiger charge is 2.42. The van der Waals surface area contributed by atoms with Gasteiger partial charge in [-0.1, -0.05) is 58.0 Å². The Morgan fingerprint density at radius 1 is 0.729 bits per heavy atom. The molecule has 2 aromatic rings. The Morgan fingerprint density at radius 3 is 1.71 bits per heavy atom. The fourth-order valence-corrected chi connectivity index (χ4v) is 10.6. The molecule has 0 unspecified atom stereocenters. The minimum Gasteiger partial charge on any atom is -0.481 e. The van der Waals surface area contributed by atoms with Crippen LogP contribution >= 0.6 is 0 Å². The Hall–Kier alpha value is -4.13. The van der Waals surface area contributed by atoms with E-state index in [0.717, 1.165) is 52.3 Å². The molecular formula is C42H54N3O11S3+. The van der Waals surface area contributed by atoms with Gasteiger partial charge in [-0.05, 0) is 79.6 Å². The van der Waals surface area contributed by atoms with E-state index in [1.54, 1.807) is 6.07 Å². The van der Waals surface area contributed by atoms with E-state index in [9.17, 15) is 48.8 Å². The first kappa shape index (κ1) is 44.4. The summed E-state index contributed by atoms with van der Waals surface area (Å²) in [5.41, 5.74) is 6.94. The third-order valence-electron chi connectivity index (χ3n) is 12.1. The van der Waals surface area contributed by atoms with Crippen LogP contribution < -0.4 is 9.80 Å². The lowest BCUT2D eigenvalue weighted by molar-refractivity contribution is -0.539. The highest BCUT2D eigenvalue weighted by molar-refractivity contribution is 7.86. The van der Waals surface area contributed by atoms with E-state index >= 15 is 0 Å². The second kappa shape index (κ2) is 16.7. The molecule has 0 aromatic heterocycles. The second-order valence-corrected chi connectivity index (χ2v) is 21.4. The molecule has 1 saturated heterocycles. The number of benzene rings is 2. The molecule has 4 aliphatic rings. The van der Waals surface area contributed by atoms with Crippen LogP contribution in [0.3, 0.4) is 0 Å². The molecule has 0 radical (unpaired) electrons. The molecule has 3 heterocycles. The molecule has 59 heavy (non-hydrogen) atoms. The van der Waals surface area contributed by atoms with E-state index in [0.29, 0.717) is 50.1 Å². The van der Waals surface area contributed by atoms with Gasteiger partial charge in [0.1, 0.15) is 13.1 Å². The minimum absolute atomic E-state index is 0.0901. The van der Waals surface area contributed by atoms with Gasteiger partial charge < -0.3 is 14.9 Å². The molecule has 6 rings (SSSR count). The molecule has 2 aromatic carbocycles. The van der Waals surface area contributed by atoms with E-state index in [1.807, 2.05) is 49.1 Å². The van der Waals surface area contributed by atoms with Crippen molar-refractivity contribution in [2.24, 2.45) is 5.92 Å². The van der Waals surface area contributed by atoms with Gasteiger partial charge in [0.25, 0.3) is 30.4 Å². The number of carboxylic acids is 1. The molecule has 4 N–H and O–H groups in total. The topological polar surface area (TPSA) is 210 Å². The quantitative estimate of drug-likeness (QED) is 0.140. The van der Waals surface area contributed by atoms with Crippen molar-refractivity contribution < 1.29 is 53.4 Å². The number of nitrogens with zero attached hydrogens (tertiary/aromatic N) is 3. The highest BCUT2D eigenvalue weighted by atomic mass is 32.2. The van der Waals surface area contributed by atoms with Crippen LogP contribution in [0.4, 0.5) is 11.4 Å². The van der Waals surface area contributed by atoms with Crippen molar-refractivity contribution in [2.75, 3.05) is 47.5 Å². The zero-order chi connectivity index (χ0) is 43.1. The monoisotopic (exact) mass is 872 g/mol. The number of carbonyl (C=O) groups is 1. The Morgan fingerprint density at radius 2 is 1.22 bits per heavy atom. The summed E-state index contributed by atoms with van der Waals surface area (Å²) in [6, 6.07) is 12.3. The van der Waals surface area contributed by atoms with Gasteiger partial charge in [0.2, 0.25) is 5.71 Å². The first-order chi connectivity index (χ1) is 27.5. The van der Waals surface area contributed by atoms with Crippen molar-refractivity contribution in [3.05, 3.63) is 100 Å². The van der Waals surface area contributed by atoms with E-state index in [-0.39, 0.29) is 30.0 Å². The number of allylic oxidation sites excluding steroid dienone is 8. The lowest BCUT2D eigenvalue weighted by Gasteiger charge is -2.28. The van der Waals surface area contributed by atoms with Crippen LogP contribution in [0, 0.1) is 5.92 Å². The Kier molecular flexibility index (Phi) is 12.6. The molecule has 17 heteroatoms. The summed E-state index contributed by atoms with van der Waals surface area (Å²) >= 11 is 0. The number of para-hydroxylation sites is 1. The SMILES string of the molecule is CC1(C)/C(=C/C=C2\CCC/C(=C\C=C3\N(CCCS(=O)(=O)O)c4ccccc4C3(C)C)C2=[N+]2CCC(C(=O)O)CC2)N(CCCS(=O)(=O)O)c2ccc(S(=O)(=O)O)cc21. The van der Waals surface area contributed by atoms with Gasteiger partial charge in [-0.25, -0.2) is 4.58 Å². The maximum Gasteiger partial charge on any atom is 0.306 e. The molecule has 2 fully saturated rings. The first-order valence-corrected chi connectivity index (χ1v) is 24.5. The molecule has 0 amide bonds. The van der Waals surface area contributed by atoms with Crippen LogP contribution in [0.1, 0.15) is 83.8 Å². The van der Waals surface area contributed by atoms with Crippen molar-refractivity contribution in [1.29, 1.82) is 0 Å². The van der Waals surface area contributed by atoms with Crippen molar-refractivity contribution in [1.82, 2.24) is 0 Å². The van der Waals surface area contributed by atoms with E-state index in [4.69, 9.17) is 0 Å². The van der Waals surface area contributed by atoms with E-state index < -0.39 is 58.8 Å². The molecule has 3 aliphatic heterocycles. The maximum atomic E-state index is 12.2. The summed E-state index contributed by atoms with van der Waals surface area (Å²) in [5.74, 6) is -2.10. The van der Waals surface area contributed by atoms with Gasteiger partial charge in [0.05, 0.1) is 22.3 Å². The van der Waals surface area contributed by atoms with Crippen molar-refractivity contribution >= 4 is 53.4 Å². The third-order valence-corrected chi connectivity index (χ3v) is 14.5. The summed E-state index contributed by atoms with van der Waals surface area (Å²) in [7, 11) is -12.9. The van der Waals surface area contributed by atoms with Crippen LogP contribution in [-0.2, 0) is 46.0 Å². The average Bonchev–Trinajstić information content (AvgIpc) is 3.49. The smallest absolute Gasteiger partial charge is 0.306 e. The zero-order valence-electron chi connectivity index (χ0n) is 33.8. The number of piperidine rings is 1. The summed E-state index contributed by atoms with van der Waals surface area (Å²) in [4.78, 5) is 15.7. The van der Waals surface area contributed by atoms with Gasteiger partial charge in [0.15, 0.2) is 0 Å². The van der Waals surface area contributed by atoms with Crippen LogP contribution in [0.15, 0.2) is 94.2 Å². The van der Waals surface area contributed by atoms with Crippen LogP contribution in [0.5, 0.6) is 0 Å². The van der Waals surface area contributed by atoms with Gasteiger partial charge in [0, 0.05) is 70.7 Å². The molecule has 0 spiro atoms. The second-order valence-electron chi connectivity index (χ2n) is 16.8. The fourth-order valence-electron chi connectivity index (χ4n) is 9.10. The lowest BCUT2D eigenvalue weighted by atomic mass is 9.82. The van der Waals surface area contributed by atoms with E-state index in [2.05, 4.69) is 41.5 Å². The summed E-state index contributed by atoms with van der Waals surface area (Å²) < 4.78 is 102. The number of fused-ring (bicyclic) bond motifs is 2. The minimum atomic E-state index is -4.52. The van der Waals surface area contributed by atoms with Crippen LogP contribution in [-0.4, -0.2) is 98.0 Å². The number of carboxylic acid groups (broad SMARTS) is 1. The molecule has 1 aliphatic carbocycles. The maximum absolute atomic E-state index is 12.2. The van der Waals surface area contributed by atoms with E-state index in [1.165, 1.54) is 12.1 Å². The molecular weight excluding hydrogens is 819 g/mol. The summed E-state index contributed by atoms with van der Waals surface area (Å²) in [5, 5.41) is 9.81. The van der Waals surface area contributed by atoms with Gasteiger partial charge in [-0.3, -0.25) is 18.5 Å². The number of hydrogen-bond acceptors (Lipinski definition) is 9. The standard InChI is InChI=1S/C42H53N3O11S3/c1-41(2)33-12-5-6-13-35(33)44(22-8-26-57(48,49)50)37(41)18-14-29-10-7-11-30(39(29)43-24-20-31(21-25-43)40(46)47)15-19-38-42(3,4)34-28-32(59(54,55)56)16-17-36(34)45(38)23-9-27-58(51,52)53/h5-6,12-19,28,31H,7-11,20-27H2,1-4H3,(H3-,46,47,48,49,50,51,52,53,54,55,56)/p+1. The highest BCUT2D eigenvalue weighted by Crippen LogP contribution is 2.50. The molecule has 320 valence electrons. The Balaban J connectivity index is 1.45. The Labute approximate surface area is 347 Å². The first-order valence-electron chi connectivity index (χ1n) is 19.8. The number of hydrogen-bond donors (Lipinski definition) is 4. The van der Waals surface area contributed by atoms with Gasteiger partial charge in [-0.2, -0.15) is 25.3 Å².